The Balaban J connectivity index is 1.49. The maximum atomic E-state index is 12.5. The fraction of sp³-hybridized carbons (Fsp3) is 0.706. The third-order valence-electron chi connectivity index (χ3n) is 4.71. The van der Waals surface area contributed by atoms with Crippen LogP contribution in [0.5, 0.6) is 0 Å². The third kappa shape index (κ3) is 4.06. The quantitative estimate of drug-likeness (QED) is 0.797. The van der Waals surface area contributed by atoms with Crippen molar-refractivity contribution in [3.63, 3.8) is 0 Å². The van der Waals surface area contributed by atoms with Crippen molar-refractivity contribution < 1.29 is 14.3 Å². The van der Waals surface area contributed by atoms with Crippen molar-refractivity contribution in [1.29, 1.82) is 0 Å². The molecule has 23 heavy (non-hydrogen) atoms. The first-order valence-electron chi connectivity index (χ1n) is 8.54. The van der Waals surface area contributed by atoms with Crippen molar-refractivity contribution >= 4 is 5.91 Å². The molecule has 6 nitrogen and oxygen atoms in total. The molecular weight excluding hydrogens is 294 g/mol. The number of fused-ring (bicyclic) bond motifs is 1. The van der Waals surface area contributed by atoms with Gasteiger partial charge in [0.05, 0.1) is 24.9 Å². The molecule has 2 fully saturated rings. The predicted octanol–water partition coefficient (Wildman–Crippen LogP) is 1.59. The average Bonchev–Trinajstić information content (AvgIpc) is 3.02. The van der Waals surface area contributed by atoms with Crippen molar-refractivity contribution in [3.8, 4) is 0 Å². The lowest BCUT2D eigenvalue weighted by atomic mass is 9.99. The molecule has 2 aliphatic rings. The van der Waals surface area contributed by atoms with E-state index < -0.39 is 0 Å². The van der Waals surface area contributed by atoms with Crippen LogP contribution in [-0.2, 0) is 20.7 Å². The SMILES string of the molecule is CCOC[C@H]1CC[C@@H]2[C@@H](CCN2C(=O)CCc2cncnc2)O1. The van der Waals surface area contributed by atoms with Crippen LogP contribution >= 0.6 is 0 Å². The Morgan fingerprint density at radius 2 is 2.17 bits per heavy atom. The topological polar surface area (TPSA) is 64.5 Å². The van der Waals surface area contributed by atoms with Gasteiger partial charge in [0.15, 0.2) is 0 Å². The van der Waals surface area contributed by atoms with Gasteiger partial charge in [-0.15, -0.1) is 0 Å². The number of nitrogens with zero attached hydrogens (tertiary/aromatic N) is 3. The molecule has 1 amide bonds. The zero-order chi connectivity index (χ0) is 16.1. The second-order valence-corrected chi connectivity index (χ2v) is 6.22. The smallest absolute Gasteiger partial charge is 0.223 e. The first-order chi connectivity index (χ1) is 11.3. The molecule has 3 atom stereocenters. The average molecular weight is 319 g/mol. The molecule has 2 saturated heterocycles. The van der Waals surface area contributed by atoms with Crippen molar-refractivity contribution in [2.75, 3.05) is 19.8 Å². The number of amides is 1. The zero-order valence-electron chi connectivity index (χ0n) is 13.7. The summed E-state index contributed by atoms with van der Waals surface area (Å²) in [6, 6.07) is 0.243. The van der Waals surface area contributed by atoms with Crippen LogP contribution in [0.25, 0.3) is 0 Å². The number of carbonyl (C=O) groups is 1. The highest BCUT2D eigenvalue weighted by Crippen LogP contribution is 2.32. The van der Waals surface area contributed by atoms with E-state index in [-0.39, 0.29) is 24.2 Å². The molecule has 0 spiro atoms. The van der Waals surface area contributed by atoms with Crippen molar-refractivity contribution in [2.24, 2.45) is 0 Å². The van der Waals surface area contributed by atoms with Gasteiger partial charge in [0.25, 0.3) is 0 Å². The van der Waals surface area contributed by atoms with Crippen molar-refractivity contribution in [3.05, 3.63) is 24.3 Å². The predicted molar refractivity (Wildman–Crippen MR) is 84.9 cm³/mol. The number of aromatic nitrogens is 2. The summed E-state index contributed by atoms with van der Waals surface area (Å²) in [5.41, 5.74) is 1.01. The highest BCUT2D eigenvalue weighted by atomic mass is 16.5. The molecule has 0 aromatic carbocycles. The molecule has 0 saturated carbocycles. The summed E-state index contributed by atoms with van der Waals surface area (Å²) in [7, 11) is 0. The van der Waals surface area contributed by atoms with Gasteiger partial charge in [-0.05, 0) is 38.2 Å². The van der Waals surface area contributed by atoms with E-state index in [4.69, 9.17) is 9.47 Å². The molecule has 126 valence electrons. The Morgan fingerprint density at radius 1 is 1.35 bits per heavy atom. The van der Waals surface area contributed by atoms with Crippen molar-refractivity contribution in [1.82, 2.24) is 14.9 Å². The summed E-state index contributed by atoms with van der Waals surface area (Å²) in [6.07, 6.45) is 9.55. The van der Waals surface area contributed by atoms with Crippen LogP contribution in [0.4, 0.5) is 0 Å². The molecule has 0 bridgehead atoms. The maximum Gasteiger partial charge on any atom is 0.223 e. The van der Waals surface area contributed by atoms with Gasteiger partial charge in [-0.25, -0.2) is 9.97 Å². The monoisotopic (exact) mass is 319 g/mol. The fourth-order valence-electron chi connectivity index (χ4n) is 3.53. The lowest BCUT2D eigenvalue weighted by molar-refractivity contribution is -0.138. The molecule has 3 heterocycles. The number of rotatable bonds is 6. The first-order valence-corrected chi connectivity index (χ1v) is 8.54. The van der Waals surface area contributed by atoms with E-state index in [1.54, 1.807) is 12.4 Å². The number of aryl methyl sites for hydroxylation is 1. The lowest BCUT2D eigenvalue weighted by Gasteiger charge is -2.36. The minimum absolute atomic E-state index is 0.179. The van der Waals surface area contributed by atoms with E-state index in [0.717, 1.165) is 38.0 Å². The van der Waals surface area contributed by atoms with E-state index in [1.165, 1.54) is 6.33 Å². The summed E-state index contributed by atoms with van der Waals surface area (Å²) in [5.74, 6) is 0.216. The number of ether oxygens (including phenoxy) is 2. The molecule has 0 radical (unpaired) electrons. The maximum absolute atomic E-state index is 12.5. The van der Waals surface area contributed by atoms with Gasteiger partial charge in [0, 0.05) is 32.0 Å². The van der Waals surface area contributed by atoms with Gasteiger partial charge in [0.2, 0.25) is 5.91 Å². The van der Waals surface area contributed by atoms with Gasteiger partial charge < -0.3 is 14.4 Å². The lowest BCUT2D eigenvalue weighted by Crippen LogP contribution is -2.46. The molecule has 0 N–H and O–H groups in total. The number of hydrogen-bond donors (Lipinski definition) is 0. The second kappa shape index (κ2) is 7.84. The normalized spacial score (nSPS) is 27.0. The Kier molecular flexibility index (Phi) is 5.56. The van der Waals surface area contributed by atoms with Gasteiger partial charge in [-0.1, -0.05) is 0 Å². The van der Waals surface area contributed by atoms with Crippen LogP contribution in [0, 0.1) is 0 Å². The molecule has 1 aromatic heterocycles. The van der Waals surface area contributed by atoms with E-state index >= 15 is 0 Å². The minimum Gasteiger partial charge on any atom is -0.379 e. The minimum atomic E-state index is 0.179. The van der Waals surface area contributed by atoms with E-state index in [0.29, 0.717) is 19.4 Å². The highest BCUT2D eigenvalue weighted by molar-refractivity contribution is 5.77. The molecule has 0 aliphatic carbocycles. The van der Waals surface area contributed by atoms with Crippen LogP contribution in [-0.4, -0.2) is 58.8 Å². The van der Waals surface area contributed by atoms with Gasteiger partial charge in [-0.3, -0.25) is 4.79 Å². The molecule has 2 aliphatic heterocycles. The van der Waals surface area contributed by atoms with Crippen LogP contribution in [0.2, 0.25) is 0 Å². The summed E-state index contributed by atoms with van der Waals surface area (Å²) >= 11 is 0. The molecule has 3 rings (SSSR count). The molecular formula is C17H25N3O3. The summed E-state index contributed by atoms with van der Waals surface area (Å²) in [6.45, 7) is 4.20. The third-order valence-corrected chi connectivity index (χ3v) is 4.71. The molecule has 6 heteroatoms. The second-order valence-electron chi connectivity index (χ2n) is 6.22. The Morgan fingerprint density at radius 3 is 2.96 bits per heavy atom. The van der Waals surface area contributed by atoms with E-state index in [9.17, 15) is 4.79 Å². The highest BCUT2D eigenvalue weighted by Gasteiger charge is 2.41. The Bertz CT molecular complexity index is 511. The van der Waals surface area contributed by atoms with Gasteiger partial charge in [0.1, 0.15) is 6.33 Å². The van der Waals surface area contributed by atoms with E-state index in [1.807, 2.05) is 11.8 Å². The van der Waals surface area contributed by atoms with Crippen LogP contribution in [0.15, 0.2) is 18.7 Å². The molecule has 1 aromatic rings. The Labute approximate surface area is 137 Å². The zero-order valence-corrected chi connectivity index (χ0v) is 13.7. The van der Waals surface area contributed by atoms with E-state index in [2.05, 4.69) is 9.97 Å². The van der Waals surface area contributed by atoms with Crippen LogP contribution in [0.3, 0.4) is 0 Å². The fourth-order valence-corrected chi connectivity index (χ4v) is 3.53. The van der Waals surface area contributed by atoms with Gasteiger partial charge in [-0.2, -0.15) is 0 Å². The van der Waals surface area contributed by atoms with Crippen molar-refractivity contribution in [2.45, 2.75) is 57.3 Å². The number of hydrogen-bond acceptors (Lipinski definition) is 5. The number of carbonyl (C=O) groups excluding carboxylic acids is 1. The molecule has 0 unspecified atom stereocenters. The summed E-state index contributed by atoms with van der Waals surface area (Å²) in [5, 5.41) is 0. The summed E-state index contributed by atoms with van der Waals surface area (Å²) in [4.78, 5) is 22.5. The van der Waals surface area contributed by atoms with Crippen LogP contribution in [0.1, 0.15) is 38.2 Å². The summed E-state index contributed by atoms with van der Waals surface area (Å²) < 4.78 is 11.6. The first kappa shape index (κ1) is 16.3. The van der Waals surface area contributed by atoms with Crippen LogP contribution < -0.4 is 0 Å². The Hall–Kier alpha value is -1.53. The van der Waals surface area contributed by atoms with Gasteiger partial charge >= 0.3 is 0 Å². The standard InChI is InChI=1S/C17H25N3O3/c1-2-22-11-14-4-5-15-16(23-14)7-8-20(15)17(21)6-3-13-9-18-12-19-10-13/h9-10,12,14-16H,2-8,11H2,1H3/t14-,15-,16-/m1/s1. The largest absolute Gasteiger partial charge is 0.379 e. The number of likely N-dealkylation sites (tertiary alicyclic amines) is 1.